The number of benzene rings is 1. The maximum Gasteiger partial charge on any atom is 0.314 e. The predicted molar refractivity (Wildman–Crippen MR) is 67.6 cm³/mol. The molecule has 2 aromatic rings. The Kier molecular flexibility index (Phi) is 3.66. The molecule has 0 aliphatic heterocycles. The Balaban J connectivity index is 2.21. The third-order valence-electron chi connectivity index (χ3n) is 2.34. The van der Waals surface area contributed by atoms with Crippen LogP contribution >= 0.6 is 11.8 Å². The number of aromatic nitrogens is 2. The third kappa shape index (κ3) is 2.89. The van der Waals surface area contributed by atoms with Gasteiger partial charge in [-0.2, -0.15) is 0 Å². The Morgan fingerprint density at radius 1 is 1.39 bits per heavy atom. The zero-order valence-corrected chi connectivity index (χ0v) is 10.8. The maximum absolute atomic E-state index is 10.4. The number of hydrogen-bond acceptors (Lipinski definition) is 5. The van der Waals surface area contributed by atoms with E-state index in [0.29, 0.717) is 5.89 Å². The molecule has 94 valence electrons. The SMILES string of the molecule is Cc1ccc(-c2nnc(SCC(=O)O)o2)c(C)c1. The van der Waals surface area contributed by atoms with Crippen molar-refractivity contribution >= 4 is 17.7 Å². The van der Waals surface area contributed by atoms with Crippen LogP contribution in [0.4, 0.5) is 0 Å². The Morgan fingerprint density at radius 2 is 2.17 bits per heavy atom. The fourth-order valence-electron chi connectivity index (χ4n) is 1.55. The highest BCUT2D eigenvalue weighted by Crippen LogP contribution is 2.26. The fraction of sp³-hybridized carbons (Fsp3) is 0.250. The zero-order valence-electron chi connectivity index (χ0n) is 10.0. The van der Waals surface area contributed by atoms with Gasteiger partial charge < -0.3 is 9.52 Å². The van der Waals surface area contributed by atoms with Crippen LogP contribution in [0.25, 0.3) is 11.5 Å². The summed E-state index contributed by atoms with van der Waals surface area (Å²) in [4.78, 5) is 10.4. The van der Waals surface area contributed by atoms with Crippen molar-refractivity contribution in [1.29, 1.82) is 0 Å². The van der Waals surface area contributed by atoms with E-state index in [-0.39, 0.29) is 11.0 Å². The number of nitrogens with zero attached hydrogens (tertiary/aromatic N) is 2. The first-order valence-corrected chi connectivity index (χ1v) is 6.30. The Bertz CT molecular complexity index is 580. The lowest BCUT2D eigenvalue weighted by Gasteiger charge is -2.01. The van der Waals surface area contributed by atoms with Gasteiger partial charge in [-0.3, -0.25) is 4.79 Å². The van der Waals surface area contributed by atoms with Gasteiger partial charge >= 0.3 is 5.97 Å². The first-order valence-electron chi connectivity index (χ1n) is 5.32. The fourth-order valence-corrected chi connectivity index (χ4v) is 2.04. The van der Waals surface area contributed by atoms with E-state index in [0.717, 1.165) is 28.5 Å². The normalized spacial score (nSPS) is 10.6. The van der Waals surface area contributed by atoms with Gasteiger partial charge in [-0.25, -0.2) is 0 Å². The molecule has 0 unspecified atom stereocenters. The molecule has 0 radical (unpaired) electrons. The van der Waals surface area contributed by atoms with Crippen molar-refractivity contribution in [2.45, 2.75) is 19.1 Å². The van der Waals surface area contributed by atoms with Crippen LogP contribution in [0.1, 0.15) is 11.1 Å². The lowest BCUT2D eigenvalue weighted by molar-refractivity contribution is -0.133. The third-order valence-corrected chi connectivity index (χ3v) is 3.14. The molecule has 1 aromatic carbocycles. The average Bonchev–Trinajstić information content (AvgIpc) is 2.75. The van der Waals surface area contributed by atoms with Crippen molar-refractivity contribution in [1.82, 2.24) is 10.2 Å². The molecule has 0 amide bonds. The van der Waals surface area contributed by atoms with Gasteiger partial charge in [0.15, 0.2) is 0 Å². The summed E-state index contributed by atoms with van der Waals surface area (Å²) in [6.07, 6.45) is 0. The number of hydrogen-bond donors (Lipinski definition) is 1. The smallest absolute Gasteiger partial charge is 0.314 e. The molecule has 0 bridgehead atoms. The van der Waals surface area contributed by atoms with Gasteiger partial charge in [0.2, 0.25) is 5.89 Å². The molecule has 0 aliphatic carbocycles. The molecule has 0 atom stereocenters. The van der Waals surface area contributed by atoms with E-state index in [2.05, 4.69) is 10.2 Å². The first kappa shape index (κ1) is 12.6. The van der Waals surface area contributed by atoms with Gasteiger partial charge in [-0.15, -0.1) is 10.2 Å². The van der Waals surface area contributed by atoms with Gasteiger partial charge in [-0.1, -0.05) is 29.5 Å². The van der Waals surface area contributed by atoms with E-state index >= 15 is 0 Å². The molecule has 0 saturated carbocycles. The van der Waals surface area contributed by atoms with Crippen LogP contribution in [0.5, 0.6) is 0 Å². The van der Waals surface area contributed by atoms with Crippen LogP contribution in [-0.2, 0) is 4.79 Å². The average molecular weight is 264 g/mol. The largest absolute Gasteiger partial charge is 0.481 e. The molecule has 1 N–H and O–H groups in total. The second-order valence-corrected chi connectivity index (χ2v) is 4.80. The molecule has 5 nitrogen and oxygen atoms in total. The molecular weight excluding hydrogens is 252 g/mol. The lowest BCUT2D eigenvalue weighted by atomic mass is 10.1. The van der Waals surface area contributed by atoms with Crippen LogP contribution < -0.4 is 0 Å². The second-order valence-electron chi connectivity index (χ2n) is 3.87. The minimum Gasteiger partial charge on any atom is -0.481 e. The van der Waals surface area contributed by atoms with Crippen molar-refractivity contribution in [2.24, 2.45) is 0 Å². The number of carboxylic acids is 1. The number of aliphatic carboxylic acids is 1. The van der Waals surface area contributed by atoms with Crippen LogP contribution in [0.15, 0.2) is 27.8 Å². The zero-order chi connectivity index (χ0) is 13.1. The van der Waals surface area contributed by atoms with Crippen molar-refractivity contribution in [3.63, 3.8) is 0 Å². The second kappa shape index (κ2) is 5.22. The van der Waals surface area contributed by atoms with Gasteiger partial charge in [0.1, 0.15) is 5.75 Å². The van der Waals surface area contributed by atoms with Gasteiger partial charge in [0.05, 0.1) is 0 Å². The number of carbonyl (C=O) groups is 1. The minimum atomic E-state index is -0.911. The molecule has 1 heterocycles. The minimum absolute atomic E-state index is 0.0888. The maximum atomic E-state index is 10.4. The van der Waals surface area contributed by atoms with Crippen LogP contribution in [-0.4, -0.2) is 27.0 Å². The van der Waals surface area contributed by atoms with E-state index in [4.69, 9.17) is 9.52 Å². The topological polar surface area (TPSA) is 76.2 Å². The summed E-state index contributed by atoms with van der Waals surface area (Å²) >= 11 is 1.01. The summed E-state index contributed by atoms with van der Waals surface area (Å²) < 4.78 is 5.42. The van der Waals surface area contributed by atoms with Crippen molar-refractivity contribution in [3.05, 3.63) is 29.3 Å². The van der Waals surface area contributed by atoms with Gasteiger partial charge in [0.25, 0.3) is 5.22 Å². The molecule has 2 rings (SSSR count). The van der Waals surface area contributed by atoms with E-state index in [1.807, 2.05) is 32.0 Å². The summed E-state index contributed by atoms with van der Waals surface area (Å²) in [7, 11) is 0. The predicted octanol–water partition coefficient (Wildman–Crippen LogP) is 2.53. The number of rotatable bonds is 4. The van der Waals surface area contributed by atoms with E-state index in [1.165, 1.54) is 0 Å². The summed E-state index contributed by atoms with van der Waals surface area (Å²) in [5.41, 5.74) is 3.08. The van der Waals surface area contributed by atoms with Crippen LogP contribution in [0.2, 0.25) is 0 Å². The molecular formula is C12H12N2O3S. The summed E-state index contributed by atoms with van der Waals surface area (Å²) in [5, 5.41) is 16.6. The molecule has 1 aromatic heterocycles. The standard InChI is InChI=1S/C12H12N2O3S/c1-7-3-4-9(8(2)5-7)11-13-14-12(17-11)18-6-10(15)16/h3-5H,6H2,1-2H3,(H,15,16). The van der Waals surface area contributed by atoms with E-state index in [1.54, 1.807) is 0 Å². The summed E-state index contributed by atoms with van der Waals surface area (Å²) in [5.74, 6) is -0.583. The van der Waals surface area contributed by atoms with Gasteiger partial charge in [0, 0.05) is 5.56 Å². The Morgan fingerprint density at radius 3 is 2.83 bits per heavy atom. The number of aryl methyl sites for hydroxylation is 2. The lowest BCUT2D eigenvalue weighted by Crippen LogP contribution is -1.97. The van der Waals surface area contributed by atoms with Crippen molar-refractivity contribution in [2.75, 3.05) is 5.75 Å². The highest BCUT2D eigenvalue weighted by Gasteiger charge is 2.12. The first-order chi connectivity index (χ1) is 8.56. The Hall–Kier alpha value is -1.82. The van der Waals surface area contributed by atoms with E-state index < -0.39 is 5.97 Å². The Labute approximate surface area is 108 Å². The van der Waals surface area contributed by atoms with Crippen LogP contribution in [0, 0.1) is 13.8 Å². The molecule has 0 aliphatic rings. The molecule has 0 saturated heterocycles. The van der Waals surface area contributed by atoms with Crippen molar-refractivity contribution < 1.29 is 14.3 Å². The molecule has 6 heteroatoms. The van der Waals surface area contributed by atoms with Crippen molar-refractivity contribution in [3.8, 4) is 11.5 Å². The van der Waals surface area contributed by atoms with E-state index in [9.17, 15) is 4.79 Å². The summed E-state index contributed by atoms with van der Waals surface area (Å²) in [6.45, 7) is 3.98. The monoisotopic (exact) mass is 264 g/mol. The number of carboxylic acid groups (broad SMARTS) is 1. The van der Waals surface area contributed by atoms with Gasteiger partial charge in [-0.05, 0) is 25.5 Å². The summed E-state index contributed by atoms with van der Waals surface area (Å²) in [6, 6.07) is 5.92. The highest BCUT2D eigenvalue weighted by atomic mass is 32.2. The molecule has 0 spiro atoms. The molecule has 18 heavy (non-hydrogen) atoms. The quantitative estimate of drug-likeness (QED) is 0.855. The van der Waals surface area contributed by atoms with Crippen LogP contribution in [0.3, 0.4) is 0 Å². The number of thioether (sulfide) groups is 1. The molecule has 0 fully saturated rings. The highest BCUT2D eigenvalue weighted by molar-refractivity contribution is 7.99.